The number of carbonyl (C=O) groups excluding carboxylic acids is 2. The molecule has 0 aliphatic heterocycles. The van der Waals surface area contributed by atoms with Crippen LogP contribution in [0.1, 0.15) is 80.1 Å². The third-order valence-corrected chi connectivity index (χ3v) is 7.81. The molecule has 0 radical (unpaired) electrons. The minimum Gasteiger partial charge on any atom is -0.299 e. The van der Waals surface area contributed by atoms with Crippen molar-refractivity contribution in [2.24, 2.45) is 17.3 Å². The zero-order valence-corrected chi connectivity index (χ0v) is 17.8. The van der Waals surface area contributed by atoms with E-state index in [1.54, 1.807) is 11.8 Å². The molecule has 2 aliphatic rings. The van der Waals surface area contributed by atoms with Gasteiger partial charge >= 0.3 is 0 Å². The van der Waals surface area contributed by atoms with Crippen molar-refractivity contribution in [2.75, 3.05) is 0 Å². The van der Waals surface area contributed by atoms with Crippen molar-refractivity contribution in [3.8, 4) is 0 Å². The molecule has 0 spiro atoms. The molecular weight excluding hydrogens is 336 g/mol. The molecule has 0 bridgehead atoms. The Bertz CT molecular complexity index is 473. The van der Waals surface area contributed by atoms with E-state index >= 15 is 0 Å². The zero-order chi connectivity index (χ0) is 18.1. The van der Waals surface area contributed by atoms with Crippen LogP contribution in [0, 0.1) is 17.3 Å². The lowest BCUT2D eigenvalue weighted by Crippen LogP contribution is -2.27. The summed E-state index contributed by atoms with van der Waals surface area (Å²) in [5, 5.41) is 1.39. The maximum Gasteiger partial charge on any atom is 0.192 e. The maximum atomic E-state index is 12.7. The van der Waals surface area contributed by atoms with Crippen LogP contribution in [0.5, 0.6) is 0 Å². The average molecular weight is 371 g/mol. The molecule has 0 aromatic rings. The van der Waals surface area contributed by atoms with Crippen LogP contribution in [0.2, 0.25) is 0 Å². The van der Waals surface area contributed by atoms with Crippen LogP contribution in [-0.2, 0) is 9.59 Å². The predicted molar refractivity (Wildman–Crippen MR) is 107 cm³/mol. The van der Waals surface area contributed by atoms with Gasteiger partial charge in [-0.2, -0.15) is 11.8 Å². The smallest absolute Gasteiger partial charge is 0.192 e. The second-order valence-corrected chi connectivity index (χ2v) is 13.0. The molecule has 4 atom stereocenters. The number of rotatable bonds is 4. The van der Waals surface area contributed by atoms with E-state index in [0.717, 1.165) is 32.1 Å². The molecule has 2 fully saturated rings. The van der Waals surface area contributed by atoms with Crippen molar-refractivity contribution in [1.82, 2.24) is 0 Å². The molecule has 0 amide bonds. The summed E-state index contributed by atoms with van der Waals surface area (Å²) >= 11 is 3.59. The van der Waals surface area contributed by atoms with Gasteiger partial charge in [0.15, 0.2) is 5.12 Å². The monoisotopic (exact) mass is 370 g/mol. The van der Waals surface area contributed by atoms with E-state index in [1.807, 2.05) is 32.5 Å². The van der Waals surface area contributed by atoms with E-state index in [4.69, 9.17) is 0 Å². The Morgan fingerprint density at radius 3 is 1.92 bits per heavy atom. The molecule has 138 valence electrons. The van der Waals surface area contributed by atoms with Gasteiger partial charge in [-0.1, -0.05) is 53.3 Å². The Kier molecular flexibility index (Phi) is 6.56. The molecule has 0 aromatic carbocycles. The maximum absolute atomic E-state index is 12.7. The molecule has 0 saturated heterocycles. The van der Waals surface area contributed by atoms with Gasteiger partial charge in [0.2, 0.25) is 0 Å². The molecule has 2 rings (SSSR count). The zero-order valence-electron chi connectivity index (χ0n) is 16.2. The molecule has 2 aliphatic carbocycles. The Morgan fingerprint density at radius 2 is 1.33 bits per heavy atom. The van der Waals surface area contributed by atoms with E-state index in [1.165, 1.54) is 6.42 Å². The average Bonchev–Trinajstić information content (AvgIpc) is 3.04. The molecule has 2 saturated carbocycles. The summed E-state index contributed by atoms with van der Waals surface area (Å²) in [6.45, 7) is 12.8. The number of ketones is 1. The van der Waals surface area contributed by atoms with Crippen LogP contribution in [0.15, 0.2) is 0 Å². The van der Waals surface area contributed by atoms with E-state index < -0.39 is 0 Å². The third kappa shape index (κ3) is 5.79. The second kappa shape index (κ2) is 7.73. The van der Waals surface area contributed by atoms with Gasteiger partial charge in [0.25, 0.3) is 0 Å². The Morgan fingerprint density at radius 1 is 0.792 bits per heavy atom. The first-order valence-electron chi connectivity index (χ1n) is 9.38. The van der Waals surface area contributed by atoms with Gasteiger partial charge in [-0.25, -0.2) is 0 Å². The highest BCUT2D eigenvalue weighted by Gasteiger charge is 2.38. The van der Waals surface area contributed by atoms with Crippen molar-refractivity contribution in [1.29, 1.82) is 0 Å². The van der Waals surface area contributed by atoms with Crippen molar-refractivity contribution >= 4 is 34.4 Å². The fourth-order valence-electron chi connectivity index (χ4n) is 3.92. The van der Waals surface area contributed by atoms with E-state index in [-0.39, 0.29) is 22.0 Å². The van der Waals surface area contributed by atoms with Gasteiger partial charge in [-0.05, 0) is 38.5 Å². The lowest BCUT2D eigenvalue weighted by molar-refractivity contribution is -0.130. The SMILES string of the molecule is CC(C)(C)S[C@@H]1CC[C@H](C(=O)S[C@H]2CC[C@@H](C(=O)C(C)(C)C)C2)C1. The molecular formula is C20H34O2S2. The largest absolute Gasteiger partial charge is 0.299 e. The van der Waals surface area contributed by atoms with Crippen LogP contribution in [0.4, 0.5) is 0 Å². The fourth-order valence-corrected chi connectivity index (χ4v) is 6.82. The van der Waals surface area contributed by atoms with Crippen molar-refractivity contribution in [3.63, 3.8) is 0 Å². The third-order valence-electron chi connectivity index (χ3n) is 5.02. The summed E-state index contributed by atoms with van der Waals surface area (Å²) in [5.74, 6) is 0.788. The lowest BCUT2D eigenvalue weighted by Gasteiger charge is -2.22. The first-order chi connectivity index (χ1) is 11.0. The Balaban J connectivity index is 1.79. The van der Waals surface area contributed by atoms with Crippen LogP contribution < -0.4 is 0 Å². The van der Waals surface area contributed by atoms with Crippen LogP contribution in [-0.4, -0.2) is 26.1 Å². The van der Waals surface area contributed by atoms with E-state index in [0.29, 0.717) is 21.4 Å². The van der Waals surface area contributed by atoms with Gasteiger partial charge in [-0.3, -0.25) is 9.59 Å². The van der Waals surface area contributed by atoms with Crippen molar-refractivity contribution in [3.05, 3.63) is 0 Å². The molecule has 4 heteroatoms. The van der Waals surface area contributed by atoms with Crippen molar-refractivity contribution < 1.29 is 9.59 Å². The summed E-state index contributed by atoms with van der Waals surface area (Å²) in [6.07, 6.45) is 6.17. The standard InChI is InChI=1S/C20H34O2S2/c1-19(2,3)17(21)13-7-9-15(11-13)23-18(22)14-8-10-16(12-14)24-20(4,5)6/h13-16H,7-12H2,1-6H3/t13-,14+,15+,16-/m1/s1. The van der Waals surface area contributed by atoms with Crippen LogP contribution in [0.25, 0.3) is 0 Å². The predicted octanol–water partition coefficient (Wildman–Crippen LogP) is 5.73. The minimum absolute atomic E-state index is 0.170. The second-order valence-electron chi connectivity index (χ2n) is 9.55. The molecule has 0 heterocycles. The van der Waals surface area contributed by atoms with Gasteiger partial charge in [-0.15, -0.1) is 0 Å². The van der Waals surface area contributed by atoms with Gasteiger partial charge in [0.1, 0.15) is 5.78 Å². The lowest BCUT2D eigenvalue weighted by atomic mass is 9.82. The molecule has 24 heavy (non-hydrogen) atoms. The highest BCUT2D eigenvalue weighted by atomic mass is 32.2. The van der Waals surface area contributed by atoms with Gasteiger partial charge < -0.3 is 0 Å². The first kappa shape index (κ1) is 20.4. The van der Waals surface area contributed by atoms with Crippen LogP contribution in [0.3, 0.4) is 0 Å². The first-order valence-corrected chi connectivity index (χ1v) is 11.1. The number of carbonyl (C=O) groups is 2. The number of hydrogen-bond acceptors (Lipinski definition) is 4. The summed E-state index contributed by atoms with van der Waals surface area (Å²) in [4.78, 5) is 25.1. The summed E-state index contributed by atoms with van der Waals surface area (Å²) in [6, 6.07) is 0. The van der Waals surface area contributed by atoms with Gasteiger partial charge in [0, 0.05) is 32.5 Å². The highest BCUT2D eigenvalue weighted by Crippen LogP contribution is 2.44. The molecule has 2 nitrogen and oxygen atoms in total. The number of thioether (sulfide) groups is 2. The normalized spacial score (nSPS) is 31.4. The molecule has 0 unspecified atom stereocenters. The summed E-state index contributed by atoms with van der Waals surface area (Å²) in [5.41, 5.74) is -0.253. The van der Waals surface area contributed by atoms with Crippen LogP contribution >= 0.6 is 23.5 Å². The quantitative estimate of drug-likeness (QED) is 0.633. The number of Topliss-reactive ketones (excluding diaryl/α,β-unsaturated/α-hetero) is 1. The van der Waals surface area contributed by atoms with E-state index in [2.05, 4.69) is 20.8 Å². The summed E-state index contributed by atoms with van der Waals surface area (Å²) in [7, 11) is 0. The Labute approximate surface area is 156 Å². The van der Waals surface area contributed by atoms with E-state index in [9.17, 15) is 9.59 Å². The Hall–Kier alpha value is 0.0400. The fraction of sp³-hybridized carbons (Fsp3) is 0.900. The van der Waals surface area contributed by atoms with Crippen molar-refractivity contribution in [2.45, 2.75) is 95.3 Å². The van der Waals surface area contributed by atoms with Gasteiger partial charge in [0.05, 0.1) is 0 Å². The minimum atomic E-state index is -0.253. The number of hydrogen-bond donors (Lipinski definition) is 0. The highest BCUT2D eigenvalue weighted by molar-refractivity contribution is 8.14. The molecule has 0 N–H and O–H groups in total. The topological polar surface area (TPSA) is 34.1 Å². The summed E-state index contributed by atoms with van der Waals surface area (Å²) < 4.78 is 0.280. The molecule has 0 aromatic heterocycles.